The first-order chi connectivity index (χ1) is 8.81. The molecule has 0 aliphatic rings. The molecule has 0 spiro atoms. The molecule has 0 aliphatic heterocycles. The first-order valence-electron chi connectivity index (χ1n) is 6.61. The van der Waals surface area contributed by atoms with E-state index in [4.69, 9.17) is 0 Å². The van der Waals surface area contributed by atoms with Crippen molar-refractivity contribution in [1.82, 2.24) is 15.1 Å². The Labute approximate surface area is 110 Å². The van der Waals surface area contributed by atoms with Gasteiger partial charge in [0.05, 0.1) is 5.69 Å². The minimum Gasteiger partial charge on any atom is -0.313 e. The molecule has 1 N–H and O–H groups in total. The smallest absolute Gasteiger partial charge is 0.0648 e. The van der Waals surface area contributed by atoms with Crippen LogP contribution in [0.25, 0.3) is 5.69 Å². The highest BCUT2D eigenvalue weighted by molar-refractivity contribution is 5.39. The summed E-state index contributed by atoms with van der Waals surface area (Å²) in [6, 6.07) is 8.36. The van der Waals surface area contributed by atoms with Gasteiger partial charge in [-0.3, -0.25) is 0 Å². The van der Waals surface area contributed by atoms with Gasteiger partial charge in [-0.1, -0.05) is 26.8 Å². The lowest BCUT2D eigenvalue weighted by atomic mass is 10.1. The van der Waals surface area contributed by atoms with Crippen LogP contribution in [-0.2, 0) is 6.54 Å². The van der Waals surface area contributed by atoms with Crippen molar-refractivity contribution in [3.05, 3.63) is 47.8 Å². The number of nitrogens with one attached hydrogen (secondary N) is 1. The van der Waals surface area contributed by atoms with Gasteiger partial charge in [-0.05, 0) is 42.8 Å². The number of nitrogens with zero attached hydrogens (tertiary/aromatic N) is 2. The molecule has 0 aliphatic carbocycles. The number of aromatic nitrogens is 2. The van der Waals surface area contributed by atoms with Crippen molar-refractivity contribution in [2.45, 2.75) is 34.2 Å². The lowest BCUT2D eigenvalue weighted by Gasteiger charge is -2.09. The van der Waals surface area contributed by atoms with Gasteiger partial charge in [0, 0.05) is 18.9 Å². The van der Waals surface area contributed by atoms with E-state index in [1.165, 1.54) is 11.1 Å². The van der Waals surface area contributed by atoms with E-state index in [-0.39, 0.29) is 0 Å². The first kappa shape index (κ1) is 14.5. The summed E-state index contributed by atoms with van der Waals surface area (Å²) in [6.07, 6.45) is 3.76. The van der Waals surface area contributed by atoms with Gasteiger partial charge in [0.2, 0.25) is 0 Å². The Morgan fingerprint density at radius 1 is 1.28 bits per heavy atom. The first-order valence-corrected chi connectivity index (χ1v) is 6.61. The number of rotatable bonds is 4. The van der Waals surface area contributed by atoms with Gasteiger partial charge in [-0.15, -0.1) is 0 Å². The highest BCUT2D eigenvalue weighted by Crippen LogP contribution is 2.14. The molecule has 0 atom stereocenters. The number of benzene rings is 1. The zero-order chi connectivity index (χ0) is 13.4. The van der Waals surface area contributed by atoms with Crippen molar-refractivity contribution < 1.29 is 0 Å². The molecule has 3 heteroatoms. The summed E-state index contributed by atoms with van der Waals surface area (Å²) in [7, 11) is 0. The molecule has 0 fully saturated rings. The molecule has 1 aromatic heterocycles. The molecule has 0 saturated carbocycles. The van der Waals surface area contributed by atoms with Crippen LogP contribution in [0.2, 0.25) is 0 Å². The molecule has 0 radical (unpaired) electrons. The van der Waals surface area contributed by atoms with Crippen LogP contribution in [0, 0.1) is 6.92 Å². The fourth-order valence-electron chi connectivity index (χ4n) is 1.67. The summed E-state index contributed by atoms with van der Waals surface area (Å²) in [5.41, 5.74) is 3.76. The molecule has 3 nitrogen and oxygen atoms in total. The summed E-state index contributed by atoms with van der Waals surface area (Å²) in [5.74, 6) is 0. The van der Waals surface area contributed by atoms with Crippen molar-refractivity contribution in [2.75, 3.05) is 6.54 Å². The van der Waals surface area contributed by atoms with Crippen LogP contribution >= 0.6 is 0 Å². The Balaban J connectivity index is 0.000000771. The largest absolute Gasteiger partial charge is 0.313 e. The molecule has 0 amide bonds. The van der Waals surface area contributed by atoms with E-state index in [0.29, 0.717) is 0 Å². The molecule has 0 bridgehead atoms. The molecule has 18 heavy (non-hydrogen) atoms. The van der Waals surface area contributed by atoms with Crippen molar-refractivity contribution >= 4 is 0 Å². The van der Waals surface area contributed by atoms with E-state index in [9.17, 15) is 0 Å². The highest BCUT2D eigenvalue weighted by atomic mass is 15.3. The Morgan fingerprint density at radius 2 is 2.06 bits per heavy atom. The van der Waals surface area contributed by atoms with Gasteiger partial charge < -0.3 is 5.32 Å². The molecule has 0 saturated heterocycles. The van der Waals surface area contributed by atoms with Gasteiger partial charge in [0.25, 0.3) is 0 Å². The van der Waals surface area contributed by atoms with Gasteiger partial charge in [0.1, 0.15) is 0 Å². The minimum absolute atomic E-state index is 0.914. The second kappa shape index (κ2) is 7.67. The van der Waals surface area contributed by atoms with Crippen molar-refractivity contribution in [3.8, 4) is 5.69 Å². The van der Waals surface area contributed by atoms with E-state index in [0.717, 1.165) is 18.8 Å². The lowest BCUT2D eigenvalue weighted by Crippen LogP contribution is -2.13. The predicted octanol–water partition coefficient (Wildman–Crippen LogP) is 3.32. The standard InChI is InChI=1S/C13H17N3.C2H6/c1-3-14-10-12-9-13(6-5-11(12)2)16-8-4-7-15-16;1-2/h4-9,14H,3,10H2,1-2H3;1-2H3. The molecule has 2 rings (SSSR count). The Hall–Kier alpha value is -1.61. The van der Waals surface area contributed by atoms with Crippen LogP contribution in [0.4, 0.5) is 0 Å². The number of hydrogen-bond donors (Lipinski definition) is 1. The summed E-state index contributed by atoms with van der Waals surface area (Å²) in [5, 5.41) is 7.58. The minimum atomic E-state index is 0.914. The zero-order valence-electron chi connectivity index (χ0n) is 11.8. The van der Waals surface area contributed by atoms with Crippen LogP contribution in [0.1, 0.15) is 31.9 Å². The Bertz CT molecular complexity index is 447. The van der Waals surface area contributed by atoms with Crippen LogP contribution in [0.3, 0.4) is 0 Å². The van der Waals surface area contributed by atoms with Gasteiger partial charge in [0.15, 0.2) is 0 Å². The third kappa shape index (κ3) is 3.70. The summed E-state index contributed by atoms with van der Waals surface area (Å²) in [4.78, 5) is 0. The maximum Gasteiger partial charge on any atom is 0.0648 e. The molecule has 1 heterocycles. The van der Waals surface area contributed by atoms with Gasteiger partial charge in [-0.2, -0.15) is 5.10 Å². The third-order valence-electron chi connectivity index (χ3n) is 2.67. The van der Waals surface area contributed by atoms with Gasteiger partial charge >= 0.3 is 0 Å². The van der Waals surface area contributed by atoms with E-state index in [2.05, 4.69) is 42.5 Å². The van der Waals surface area contributed by atoms with Crippen LogP contribution in [0.5, 0.6) is 0 Å². The fourth-order valence-corrected chi connectivity index (χ4v) is 1.67. The maximum atomic E-state index is 4.23. The fraction of sp³-hybridized carbons (Fsp3) is 0.400. The van der Waals surface area contributed by atoms with Gasteiger partial charge in [-0.25, -0.2) is 4.68 Å². The maximum absolute atomic E-state index is 4.23. The van der Waals surface area contributed by atoms with E-state index >= 15 is 0 Å². The number of hydrogen-bond acceptors (Lipinski definition) is 2. The second-order valence-corrected chi connectivity index (χ2v) is 3.84. The third-order valence-corrected chi connectivity index (χ3v) is 2.67. The molecule has 2 aromatic rings. The molecule has 1 aromatic carbocycles. The van der Waals surface area contributed by atoms with Crippen molar-refractivity contribution in [3.63, 3.8) is 0 Å². The molecular weight excluding hydrogens is 222 g/mol. The number of aryl methyl sites for hydroxylation is 1. The summed E-state index contributed by atoms with van der Waals surface area (Å²) in [6.45, 7) is 10.2. The molecular formula is C15H23N3. The van der Waals surface area contributed by atoms with E-state index < -0.39 is 0 Å². The van der Waals surface area contributed by atoms with Crippen LogP contribution in [-0.4, -0.2) is 16.3 Å². The highest BCUT2D eigenvalue weighted by Gasteiger charge is 2.01. The average molecular weight is 245 g/mol. The zero-order valence-corrected chi connectivity index (χ0v) is 11.8. The van der Waals surface area contributed by atoms with Crippen molar-refractivity contribution in [1.29, 1.82) is 0 Å². The van der Waals surface area contributed by atoms with Crippen LogP contribution < -0.4 is 5.32 Å². The van der Waals surface area contributed by atoms with Crippen molar-refractivity contribution in [2.24, 2.45) is 0 Å². The normalized spacial score (nSPS) is 9.78. The average Bonchev–Trinajstić information content (AvgIpc) is 2.94. The summed E-state index contributed by atoms with van der Waals surface area (Å²) >= 11 is 0. The topological polar surface area (TPSA) is 29.9 Å². The van der Waals surface area contributed by atoms with Crippen LogP contribution in [0.15, 0.2) is 36.7 Å². The monoisotopic (exact) mass is 245 g/mol. The molecule has 98 valence electrons. The predicted molar refractivity (Wildman–Crippen MR) is 77.0 cm³/mol. The Morgan fingerprint density at radius 3 is 2.67 bits per heavy atom. The quantitative estimate of drug-likeness (QED) is 0.895. The van der Waals surface area contributed by atoms with E-state index in [1.54, 1.807) is 6.20 Å². The lowest BCUT2D eigenvalue weighted by molar-refractivity contribution is 0.722. The Kier molecular flexibility index (Phi) is 6.15. The second-order valence-electron chi connectivity index (χ2n) is 3.84. The summed E-state index contributed by atoms with van der Waals surface area (Å²) < 4.78 is 1.88. The molecule has 0 unspecified atom stereocenters. The van der Waals surface area contributed by atoms with E-state index in [1.807, 2.05) is 30.8 Å². The SMILES string of the molecule is CC.CCNCc1cc(-n2cccn2)ccc1C.